The number of esters is 1. The number of carbonyl (C=O) groups excluding carboxylic acids is 2. The smallest absolute Gasteiger partial charge is 0.305 e. The Kier molecular flexibility index (Phi) is 79.3. The normalized spacial score (nSPS) is 12.5. The van der Waals surface area contributed by atoms with Crippen LogP contribution in [0.15, 0.2) is 24.3 Å². The lowest BCUT2D eigenvalue weighted by atomic mass is 10.0. The van der Waals surface area contributed by atoms with Gasteiger partial charge in [-0.1, -0.05) is 436 Å². The van der Waals surface area contributed by atoms with E-state index in [4.69, 9.17) is 4.74 Å². The Morgan fingerprint density at radius 2 is 0.549 bits per heavy atom. The van der Waals surface area contributed by atoms with Crippen molar-refractivity contribution in [2.45, 2.75) is 495 Å². The van der Waals surface area contributed by atoms with E-state index < -0.39 is 12.1 Å². The van der Waals surface area contributed by atoms with E-state index in [1.54, 1.807) is 0 Å². The van der Waals surface area contributed by atoms with Gasteiger partial charge in [0.05, 0.1) is 25.4 Å². The summed E-state index contributed by atoms with van der Waals surface area (Å²) in [7, 11) is 0. The fraction of sp³-hybridized carbons (Fsp3) is 0.929. The Labute approximate surface area is 571 Å². The van der Waals surface area contributed by atoms with Crippen molar-refractivity contribution in [1.82, 2.24) is 5.32 Å². The first-order valence-corrected chi connectivity index (χ1v) is 42.1. The van der Waals surface area contributed by atoms with Gasteiger partial charge < -0.3 is 20.3 Å². The topological polar surface area (TPSA) is 95.9 Å². The SMILES string of the molecule is CCCCCC/C=C\C/C=C\CCCCCCCCCC(=O)OCCCCCCCCCCCCCCCCCCCCCCCCCCCCCCCCCCCCCC(=O)NC(CO)C(O)CCCCCCCCCCCCCCCCCCCCCCC. The third-order valence-electron chi connectivity index (χ3n) is 20.0. The average Bonchev–Trinajstić information content (AvgIpc) is 3.74. The lowest BCUT2D eigenvalue weighted by Crippen LogP contribution is -2.45. The number of allylic oxidation sites excluding steroid dienone is 4. The van der Waals surface area contributed by atoms with Crippen LogP contribution < -0.4 is 5.32 Å². The molecular formula is C85H165NO5. The summed E-state index contributed by atoms with van der Waals surface area (Å²) in [6.45, 7) is 4.99. The molecule has 2 atom stereocenters. The number of ether oxygens (including phenoxy) is 1. The molecule has 0 aromatic carbocycles. The minimum absolute atomic E-state index is 0.0164. The summed E-state index contributed by atoms with van der Waals surface area (Å²) < 4.78 is 5.51. The number of aliphatic hydroxyl groups is 2. The van der Waals surface area contributed by atoms with Crippen LogP contribution in [-0.2, 0) is 14.3 Å². The van der Waals surface area contributed by atoms with Gasteiger partial charge in [0.25, 0.3) is 0 Å². The first kappa shape index (κ1) is 89.3. The second kappa shape index (κ2) is 80.8. The van der Waals surface area contributed by atoms with Crippen molar-refractivity contribution in [1.29, 1.82) is 0 Å². The highest BCUT2D eigenvalue weighted by Gasteiger charge is 2.20. The predicted molar refractivity (Wildman–Crippen MR) is 403 cm³/mol. The van der Waals surface area contributed by atoms with Crippen LogP contribution in [-0.4, -0.2) is 47.4 Å². The molecule has 0 aliphatic carbocycles. The monoisotopic (exact) mass is 1280 g/mol. The summed E-state index contributed by atoms with van der Waals surface area (Å²) in [4.78, 5) is 24.7. The van der Waals surface area contributed by atoms with E-state index in [0.29, 0.717) is 25.9 Å². The van der Waals surface area contributed by atoms with Gasteiger partial charge in [-0.05, 0) is 57.8 Å². The quantitative estimate of drug-likeness (QED) is 0.0320. The van der Waals surface area contributed by atoms with Crippen LogP contribution in [0.4, 0.5) is 0 Å². The number of hydrogen-bond acceptors (Lipinski definition) is 5. The Bertz CT molecular complexity index is 1430. The molecule has 0 aromatic rings. The maximum absolute atomic E-state index is 12.6. The molecule has 0 rings (SSSR count). The third-order valence-corrected chi connectivity index (χ3v) is 20.0. The lowest BCUT2D eigenvalue weighted by molar-refractivity contribution is -0.143. The van der Waals surface area contributed by atoms with E-state index in [0.717, 1.165) is 51.4 Å². The largest absolute Gasteiger partial charge is 0.466 e. The first-order valence-electron chi connectivity index (χ1n) is 42.1. The van der Waals surface area contributed by atoms with Crippen molar-refractivity contribution in [3.63, 3.8) is 0 Å². The second-order valence-electron chi connectivity index (χ2n) is 29.2. The number of hydrogen-bond donors (Lipinski definition) is 3. The average molecular weight is 1280 g/mol. The third kappa shape index (κ3) is 77.2. The maximum atomic E-state index is 12.6. The number of amides is 1. The molecule has 0 aliphatic heterocycles. The van der Waals surface area contributed by atoms with Gasteiger partial charge in [-0.2, -0.15) is 0 Å². The highest BCUT2D eigenvalue weighted by atomic mass is 16.5. The molecule has 1 amide bonds. The number of nitrogens with one attached hydrogen (secondary N) is 1. The molecular weight excluding hydrogens is 1110 g/mol. The van der Waals surface area contributed by atoms with Crippen LogP contribution in [0.5, 0.6) is 0 Å². The highest BCUT2D eigenvalue weighted by molar-refractivity contribution is 5.76. The van der Waals surface area contributed by atoms with Gasteiger partial charge >= 0.3 is 5.97 Å². The van der Waals surface area contributed by atoms with Crippen molar-refractivity contribution in [3.8, 4) is 0 Å². The number of unbranched alkanes of at least 4 members (excludes halogenated alkanes) is 65. The first-order chi connectivity index (χ1) is 45.0. The fourth-order valence-corrected chi connectivity index (χ4v) is 13.6. The molecule has 0 saturated heterocycles. The maximum Gasteiger partial charge on any atom is 0.305 e. The lowest BCUT2D eigenvalue weighted by Gasteiger charge is -2.22. The van der Waals surface area contributed by atoms with Gasteiger partial charge in [0.1, 0.15) is 0 Å². The number of carbonyl (C=O) groups is 2. The molecule has 0 radical (unpaired) electrons. The Balaban J connectivity index is 3.31. The molecule has 0 bridgehead atoms. The molecule has 0 aromatic heterocycles. The van der Waals surface area contributed by atoms with Crippen LogP contribution in [0.25, 0.3) is 0 Å². The van der Waals surface area contributed by atoms with Crippen LogP contribution in [0.2, 0.25) is 0 Å². The summed E-state index contributed by atoms with van der Waals surface area (Å²) in [6, 6.07) is -0.538. The molecule has 0 fully saturated rings. The second-order valence-corrected chi connectivity index (χ2v) is 29.2. The molecule has 0 spiro atoms. The minimum Gasteiger partial charge on any atom is -0.466 e. The summed E-state index contributed by atoms with van der Waals surface area (Å²) >= 11 is 0. The van der Waals surface area contributed by atoms with Gasteiger partial charge in [0, 0.05) is 12.8 Å². The summed E-state index contributed by atoms with van der Waals surface area (Å²) in [5, 5.41) is 23.5. The zero-order chi connectivity index (χ0) is 65.6. The molecule has 0 aliphatic rings. The fourth-order valence-electron chi connectivity index (χ4n) is 13.6. The van der Waals surface area contributed by atoms with E-state index in [1.807, 2.05) is 0 Å². The minimum atomic E-state index is -0.661. The summed E-state index contributed by atoms with van der Waals surface area (Å²) in [5.41, 5.74) is 0. The zero-order valence-electron chi connectivity index (χ0n) is 62.1. The van der Waals surface area contributed by atoms with Crippen LogP contribution in [0.3, 0.4) is 0 Å². The predicted octanol–water partition coefficient (Wildman–Crippen LogP) is 28.0. The van der Waals surface area contributed by atoms with E-state index in [9.17, 15) is 19.8 Å². The van der Waals surface area contributed by atoms with Gasteiger partial charge in [-0.3, -0.25) is 9.59 Å². The summed E-state index contributed by atoms with van der Waals surface area (Å²) in [6.07, 6.45) is 104. The standard InChI is InChI=1S/C85H165NO5/c1-3-5-7-9-11-13-15-17-19-21-23-39-42-45-49-53-57-61-65-69-73-77-83(88)82(81-87)86-84(89)78-74-70-66-62-58-54-50-46-43-40-37-35-33-31-29-27-25-24-26-28-30-32-34-36-38-41-44-48-52-56-60-64-68-72-76-80-91-85(90)79-75-71-67-63-59-55-51-47-22-20-18-16-14-12-10-8-6-4-2/h14,16,20,22,82-83,87-88H,3-13,15,17-19,21,23-81H2,1-2H3,(H,86,89)/b16-14-,22-20-. The van der Waals surface area contributed by atoms with Crippen molar-refractivity contribution < 1.29 is 24.5 Å². The Morgan fingerprint density at radius 1 is 0.308 bits per heavy atom. The van der Waals surface area contributed by atoms with Crippen molar-refractivity contribution in [3.05, 3.63) is 24.3 Å². The van der Waals surface area contributed by atoms with Gasteiger partial charge in [0.2, 0.25) is 5.91 Å². The Morgan fingerprint density at radius 3 is 0.846 bits per heavy atom. The van der Waals surface area contributed by atoms with Gasteiger partial charge in [-0.15, -0.1) is 0 Å². The molecule has 6 heteroatoms. The molecule has 540 valence electrons. The van der Waals surface area contributed by atoms with E-state index in [1.165, 1.54) is 398 Å². The number of rotatable bonds is 80. The van der Waals surface area contributed by atoms with E-state index in [-0.39, 0.29) is 18.5 Å². The van der Waals surface area contributed by atoms with Crippen LogP contribution >= 0.6 is 0 Å². The van der Waals surface area contributed by atoms with Crippen LogP contribution in [0, 0.1) is 0 Å². The molecule has 6 nitrogen and oxygen atoms in total. The Hall–Kier alpha value is -1.66. The molecule has 0 heterocycles. The molecule has 3 N–H and O–H groups in total. The van der Waals surface area contributed by atoms with Gasteiger partial charge in [0.15, 0.2) is 0 Å². The van der Waals surface area contributed by atoms with Crippen molar-refractivity contribution >= 4 is 11.9 Å². The number of aliphatic hydroxyl groups excluding tert-OH is 2. The van der Waals surface area contributed by atoms with E-state index >= 15 is 0 Å². The van der Waals surface area contributed by atoms with Gasteiger partial charge in [-0.25, -0.2) is 0 Å². The summed E-state index contributed by atoms with van der Waals surface area (Å²) in [5.74, 6) is -0.00762. The van der Waals surface area contributed by atoms with E-state index in [2.05, 4.69) is 43.5 Å². The zero-order valence-corrected chi connectivity index (χ0v) is 62.1. The molecule has 0 saturated carbocycles. The highest BCUT2D eigenvalue weighted by Crippen LogP contribution is 2.21. The van der Waals surface area contributed by atoms with Crippen molar-refractivity contribution in [2.75, 3.05) is 13.2 Å². The van der Waals surface area contributed by atoms with Crippen LogP contribution in [0.1, 0.15) is 483 Å². The van der Waals surface area contributed by atoms with Crippen molar-refractivity contribution in [2.24, 2.45) is 0 Å². The molecule has 91 heavy (non-hydrogen) atoms. The molecule has 2 unspecified atom stereocenters.